The van der Waals surface area contributed by atoms with Crippen molar-refractivity contribution >= 4 is 11.5 Å². The number of imidazole rings is 1. The maximum absolute atomic E-state index is 12.6. The van der Waals surface area contributed by atoms with Gasteiger partial charge in [0.2, 0.25) is 0 Å². The van der Waals surface area contributed by atoms with Crippen LogP contribution in [0.2, 0.25) is 0 Å². The largest absolute Gasteiger partial charge is 0.355 e. The molecule has 0 atom stereocenters. The molecule has 1 saturated heterocycles. The van der Waals surface area contributed by atoms with E-state index in [0.717, 1.165) is 43.5 Å². The summed E-state index contributed by atoms with van der Waals surface area (Å²) in [6.07, 6.45) is 3.82. The van der Waals surface area contributed by atoms with E-state index in [1.807, 2.05) is 18.3 Å². The van der Waals surface area contributed by atoms with E-state index in [1.165, 1.54) is 10.9 Å². The molecule has 3 aromatic heterocycles. The molecule has 0 aliphatic carbocycles. The van der Waals surface area contributed by atoms with Gasteiger partial charge in [0, 0.05) is 38.1 Å². The van der Waals surface area contributed by atoms with Crippen molar-refractivity contribution in [2.45, 2.75) is 25.8 Å². The zero-order valence-electron chi connectivity index (χ0n) is 14.0. The molecule has 0 bridgehead atoms. The summed E-state index contributed by atoms with van der Waals surface area (Å²) in [5.74, 6) is 1.20. The van der Waals surface area contributed by atoms with Crippen molar-refractivity contribution in [1.82, 2.24) is 24.1 Å². The first kappa shape index (κ1) is 16.6. The monoisotopic (exact) mass is 360 g/mol. The fraction of sp³-hybridized carbons (Fsp3) is 0.412. The van der Waals surface area contributed by atoms with Crippen LogP contribution in [0, 0.1) is 5.92 Å². The van der Waals surface area contributed by atoms with Crippen molar-refractivity contribution < 1.29 is 8.78 Å². The van der Waals surface area contributed by atoms with Crippen LogP contribution in [-0.2, 0) is 6.54 Å². The number of hydrogen-bond donors (Lipinski definition) is 0. The van der Waals surface area contributed by atoms with Crippen molar-refractivity contribution in [3.8, 4) is 0 Å². The van der Waals surface area contributed by atoms with Gasteiger partial charge in [-0.05, 0) is 30.9 Å². The molecule has 0 aromatic carbocycles. The van der Waals surface area contributed by atoms with Gasteiger partial charge in [0.05, 0.1) is 6.33 Å². The predicted octanol–water partition coefficient (Wildman–Crippen LogP) is 2.14. The number of piperidine rings is 1. The summed E-state index contributed by atoms with van der Waals surface area (Å²) in [7, 11) is 0. The minimum absolute atomic E-state index is 0.306. The van der Waals surface area contributed by atoms with Gasteiger partial charge < -0.3 is 4.90 Å². The highest BCUT2D eigenvalue weighted by molar-refractivity contribution is 5.45. The summed E-state index contributed by atoms with van der Waals surface area (Å²) in [5, 5.41) is 4.55. The molecule has 9 heteroatoms. The van der Waals surface area contributed by atoms with E-state index < -0.39 is 17.7 Å². The summed E-state index contributed by atoms with van der Waals surface area (Å²) in [5.41, 5.74) is -0.0882. The molecule has 136 valence electrons. The molecular weight excluding hydrogens is 342 g/mol. The summed E-state index contributed by atoms with van der Waals surface area (Å²) in [4.78, 5) is 22.0. The Hall–Kier alpha value is -2.84. The van der Waals surface area contributed by atoms with Crippen molar-refractivity contribution in [2.75, 3.05) is 18.0 Å². The van der Waals surface area contributed by atoms with Crippen molar-refractivity contribution in [3.63, 3.8) is 0 Å². The van der Waals surface area contributed by atoms with E-state index in [-0.39, 0.29) is 0 Å². The molecule has 0 amide bonds. The summed E-state index contributed by atoms with van der Waals surface area (Å²) >= 11 is 0. The molecular formula is C17H18F2N6O. The van der Waals surface area contributed by atoms with Gasteiger partial charge in [-0.15, -0.1) is 5.10 Å². The second kappa shape index (κ2) is 6.81. The summed E-state index contributed by atoms with van der Waals surface area (Å²) in [6.45, 7) is 2.15. The average molecular weight is 360 g/mol. The lowest BCUT2D eigenvalue weighted by Crippen LogP contribution is -2.37. The van der Waals surface area contributed by atoms with Crippen LogP contribution in [0.15, 0.2) is 41.7 Å². The number of fused-ring (bicyclic) bond motifs is 1. The normalized spacial score (nSPS) is 15.9. The van der Waals surface area contributed by atoms with E-state index >= 15 is 0 Å². The lowest BCUT2D eigenvalue weighted by Gasteiger charge is -2.32. The topological polar surface area (TPSA) is 68.3 Å². The lowest BCUT2D eigenvalue weighted by atomic mass is 9.96. The molecule has 3 aromatic rings. The fourth-order valence-electron chi connectivity index (χ4n) is 3.29. The van der Waals surface area contributed by atoms with Crippen LogP contribution in [-0.4, -0.2) is 37.2 Å². The number of rotatable bonds is 4. The van der Waals surface area contributed by atoms with E-state index in [9.17, 15) is 13.6 Å². The van der Waals surface area contributed by atoms with E-state index in [4.69, 9.17) is 0 Å². The number of nitrogens with zero attached hydrogens (tertiary/aromatic N) is 6. The quantitative estimate of drug-likeness (QED) is 0.713. The summed E-state index contributed by atoms with van der Waals surface area (Å²) < 4.78 is 28.3. The minimum atomic E-state index is -2.72. The maximum Gasteiger partial charge on any atom is 0.280 e. The molecule has 4 rings (SSSR count). The van der Waals surface area contributed by atoms with Crippen LogP contribution in [0.25, 0.3) is 5.65 Å². The third-order valence-electron chi connectivity index (χ3n) is 4.76. The highest BCUT2D eigenvalue weighted by Crippen LogP contribution is 2.23. The van der Waals surface area contributed by atoms with Gasteiger partial charge in [0.15, 0.2) is 5.65 Å². The standard InChI is InChI=1S/C17H18F2N6O/c18-17(19)13-9-16(26)24(11-21-13)10-12-3-6-23(7-4-12)15-2-1-14-20-5-8-25(14)22-15/h1-2,5,8-9,11-12,17H,3-4,6-7,10H2. The third-order valence-corrected chi connectivity index (χ3v) is 4.76. The third kappa shape index (κ3) is 3.29. The van der Waals surface area contributed by atoms with Gasteiger partial charge in [0.25, 0.3) is 12.0 Å². The molecule has 1 aliphatic rings. The molecule has 0 spiro atoms. The number of anilines is 1. The van der Waals surface area contributed by atoms with Gasteiger partial charge in [-0.25, -0.2) is 23.3 Å². The number of halogens is 2. The lowest BCUT2D eigenvalue weighted by molar-refractivity contribution is 0.145. The van der Waals surface area contributed by atoms with E-state index in [1.54, 1.807) is 10.7 Å². The Morgan fingerprint density at radius 3 is 2.73 bits per heavy atom. The van der Waals surface area contributed by atoms with Crippen molar-refractivity contribution in [1.29, 1.82) is 0 Å². The zero-order chi connectivity index (χ0) is 18.1. The molecule has 0 radical (unpaired) electrons. The van der Waals surface area contributed by atoms with Crippen molar-refractivity contribution in [3.05, 3.63) is 53.0 Å². The SMILES string of the molecule is O=c1cc(C(F)F)ncn1CC1CCN(c2ccc3nccn3n2)CC1. The van der Waals surface area contributed by atoms with E-state index in [2.05, 4.69) is 20.0 Å². The number of alkyl halides is 2. The Kier molecular flexibility index (Phi) is 4.36. The second-order valence-corrected chi connectivity index (χ2v) is 6.46. The predicted molar refractivity (Wildman–Crippen MR) is 91.4 cm³/mol. The average Bonchev–Trinajstić information content (AvgIpc) is 3.11. The molecule has 7 nitrogen and oxygen atoms in total. The first-order valence-electron chi connectivity index (χ1n) is 8.50. The molecule has 4 heterocycles. The van der Waals surface area contributed by atoms with Gasteiger partial charge in [-0.1, -0.05) is 0 Å². The molecule has 1 aliphatic heterocycles. The molecule has 1 fully saturated rings. The van der Waals surface area contributed by atoms with Crippen LogP contribution in [0.1, 0.15) is 25.0 Å². The molecule has 0 saturated carbocycles. The Labute approximate surface area is 147 Å². The maximum atomic E-state index is 12.6. The molecule has 0 N–H and O–H groups in total. The van der Waals surface area contributed by atoms with Gasteiger partial charge in [-0.3, -0.25) is 9.36 Å². The molecule has 0 unspecified atom stereocenters. The van der Waals surface area contributed by atoms with Crippen LogP contribution in [0.3, 0.4) is 0 Å². The Morgan fingerprint density at radius 2 is 2.00 bits per heavy atom. The zero-order valence-corrected chi connectivity index (χ0v) is 14.0. The van der Waals surface area contributed by atoms with Crippen molar-refractivity contribution in [2.24, 2.45) is 5.92 Å². The fourth-order valence-corrected chi connectivity index (χ4v) is 3.29. The van der Waals surface area contributed by atoms with Gasteiger partial charge >= 0.3 is 0 Å². The van der Waals surface area contributed by atoms with Crippen LogP contribution >= 0.6 is 0 Å². The number of hydrogen-bond acceptors (Lipinski definition) is 5. The highest BCUT2D eigenvalue weighted by atomic mass is 19.3. The van der Waals surface area contributed by atoms with Crippen LogP contribution < -0.4 is 10.5 Å². The minimum Gasteiger partial charge on any atom is -0.355 e. The van der Waals surface area contributed by atoms with Gasteiger partial charge in [-0.2, -0.15) is 0 Å². The first-order valence-corrected chi connectivity index (χ1v) is 8.50. The van der Waals surface area contributed by atoms with E-state index in [0.29, 0.717) is 12.5 Å². The number of aromatic nitrogens is 5. The second-order valence-electron chi connectivity index (χ2n) is 6.46. The highest BCUT2D eigenvalue weighted by Gasteiger charge is 2.21. The molecule has 26 heavy (non-hydrogen) atoms. The Bertz CT molecular complexity index is 961. The summed E-state index contributed by atoms with van der Waals surface area (Å²) in [6, 6.07) is 4.81. The Morgan fingerprint density at radius 1 is 1.19 bits per heavy atom. The van der Waals surface area contributed by atoms with Gasteiger partial charge in [0.1, 0.15) is 11.5 Å². The van der Waals surface area contributed by atoms with Crippen LogP contribution in [0.4, 0.5) is 14.6 Å². The van der Waals surface area contributed by atoms with Crippen LogP contribution in [0.5, 0.6) is 0 Å². The first-order chi connectivity index (χ1) is 12.6. The Balaban J connectivity index is 1.40. The smallest absolute Gasteiger partial charge is 0.280 e.